The average molecular weight is 166 g/mol. The number of rotatable bonds is 1. The molecule has 0 aliphatic heterocycles. The third kappa shape index (κ3) is 0.970. The van der Waals surface area contributed by atoms with Crippen molar-refractivity contribution in [2.45, 2.75) is 0 Å². The Bertz CT molecular complexity index is 369. The molecule has 0 spiro atoms. The molecule has 0 aliphatic rings. The van der Waals surface area contributed by atoms with Gasteiger partial charge in [0.1, 0.15) is 6.33 Å². The van der Waals surface area contributed by atoms with Gasteiger partial charge in [0, 0.05) is 12.5 Å². The second kappa shape index (κ2) is 2.50. The molecule has 4 nitrogen and oxygen atoms in total. The van der Waals surface area contributed by atoms with Crippen molar-refractivity contribution in [3.8, 4) is 0 Å². The van der Waals surface area contributed by atoms with Crippen LogP contribution in [0.4, 0.5) is 0 Å². The van der Waals surface area contributed by atoms with Gasteiger partial charge >= 0.3 is 0 Å². The Morgan fingerprint density at radius 2 is 2.36 bits per heavy atom. The van der Waals surface area contributed by atoms with Gasteiger partial charge in [0.25, 0.3) is 0 Å². The number of nitrogens with zero attached hydrogens (tertiary/aromatic N) is 4. The van der Waals surface area contributed by atoms with Crippen LogP contribution in [0.1, 0.15) is 0 Å². The normalized spacial score (nSPS) is 10.6. The Kier molecular flexibility index (Phi) is 1.50. The van der Waals surface area contributed by atoms with Gasteiger partial charge in [-0.1, -0.05) is 0 Å². The van der Waals surface area contributed by atoms with Crippen LogP contribution in [-0.2, 0) is 0 Å². The lowest BCUT2D eigenvalue weighted by atomic mass is 10.5. The summed E-state index contributed by atoms with van der Waals surface area (Å²) in [5, 5.41) is 5.06. The molecular weight excluding hydrogens is 160 g/mol. The molecule has 0 N–H and O–H groups in total. The van der Waals surface area contributed by atoms with Gasteiger partial charge in [0.2, 0.25) is 0 Å². The molecule has 0 bridgehead atoms. The summed E-state index contributed by atoms with van der Waals surface area (Å²) in [6.07, 6.45) is 6.99. The highest BCUT2D eigenvalue weighted by Crippen LogP contribution is 2.11. The highest BCUT2D eigenvalue weighted by atomic mass is 32.2. The Hall–Kier alpha value is -1.10. The SMILES string of the molecule is CSn1ncc2cncnc21. The Labute approximate surface area is 67.8 Å². The predicted octanol–water partition coefficient (Wildman–Crippen LogP) is 0.952. The summed E-state index contributed by atoms with van der Waals surface area (Å²) in [4.78, 5) is 7.97. The zero-order valence-electron chi connectivity index (χ0n) is 5.93. The fourth-order valence-electron chi connectivity index (χ4n) is 0.888. The van der Waals surface area contributed by atoms with Crippen molar-refractivity contribution in [1.29, 1.82) is 0 Å². The lowest BCUT2D eigenvalue weighted by Gasteiger charge is -1.92. The van der Waals surface area contributed by atoms with E-state index in [4.69, 9.17) is 0 Å². The van der Waals surface area contributed by atoms with Crippen LogP contribution in [0.3, 0.4) is 0 Å². The molecule has 56 valence electrons. The van der Waals surface area contributed by atoms with Crippen molar-refractivity contribution in [3.05, 3.63) is 18.7 Å². The number of aromatic nitrogens is 4. The zero-order chi connectivity index (χ0) is 7.68. The second-order valence-electron chi connectivity index (χ2n) is 2.00. The van der Waals surface area contributed by atoms with Crippen molar-refractivity contribution in [2.75, 3.05) is 6.26 Å². The summed E-state index contributed by atoms with van der Waals surface area (Å²) in [6.45, 7) is 0. The summed E-state index contributed by atoms with van der Waals surface area (Å²) >= 11 is 1.52. The van der Waals surface area contributed by atoms with Crippen LogP contribution in [-0.4, -0.2) is 25.4 Å². The molecule has 0 unspecified atom stereocenters. The van der Waals surface area contributed by atoms with Gasteiger partial charge in [-0.25, -0.2) is 9.97 Å². The average Bonchev–Trinajstić information content (AvgIpc) is 2.47. The first kappa shape index (κ1) is 6.60. The van der Waals surface area contributed by atoms with E-state index in [0.717, 1.165) is 11.0 Å². The van der Waals surface area contributed by atoms with E-state index in [2.05, 4.69) is 15.1 Å². The fourth-order valence-corrected chi connectivity index (χ4v) is 1.35. The van der Waals surface area contributed by atoms with E-state index in [-0.39, 0.29) is 0 Å². The van der Waals surface area contributed by atoms with E-state index in [1.807, 2.05) is 6.26 Å². The van der Waals surface area contributed by atoms with Gasteiger partial charge in [0.15, 0.2) is 5.65 Å². The monoisotopic (exact) mass is 166 g/mol. The molecule has 0 fully saturated rings. The largest absolute Gasteiger partial charge is 0.244 e. The quantitative estimate of drug-likeness (QED) is 0.632. The number of hydrogen-bond acceptors (Lipinski definition) is 4. The molecule has 11 heavy (non-hydrogen) atoms. The molecule has 0 saturated heterocycles. The molecule has 2 heterocycles. The zero-order valence-corrected chi connectivity index (χ0v) is 6.75. The summed E-state index contributed by atoms with van der Waals surface area (Å²) < 4.78 is 1.76. The van der Waals surface area contributed by atoms with E-state index in [1.54, 1.807) is 16.5 Å². The van der Waals surface area contributed by atoms with E-state index < -0.39 is 0 Å². The van der Waals surface area contributed by atoms with E-state index in [9.17, 15) is 0 Å². The van der Waals surface area contributed by atoms with Crippen LogP contribution in [0.2, 0.25) is 0 Å². The lowest BCUT2D eigenvalue weighted by Crippen LogP contribution is -1.88. The number of hydrogen-bond donors (Lipinski definition) is 0. The van der Waals surface area contributed by atoms with E-state index in [1.165, 1.54) is 18.3 Å². The summed E-state index contributed by atoms with van der Waals surface area (Å²) in [5.41, 5.74) is 0.868. The van der Waals surface area contributed by atoms with Gasteiger partial charge in [0.05, 0.1) is 11.6 Å². The maximum Gasteiger partial charge on any atom is 0.172 e. The van der Waals surface area contributed by atoms with Crippen molar-refractivity contribution in [1.82, 2.24) is 19.2 Å². The minimum atomic E-state index is 0.868. The molecule has 0 saturated carbocycles. The Morgan fingerprint density at radius 3 is 3.18 bits per heavy atom. The lowest BCUT2D eigenvalue weighted by molar-refractivity contribution is 1.02. The minimum Gasteiger partial charge on any atom is -0.244 e. The Morgan fingerprint density at radius 1 is 1.45 bits per heavy atom. The number of fused-ring (bicyclic) bond motifs is 1. The van der Waals surface area contributed by atoms with Gasteiger partial charge in [-0.15, -0.1) is 0 Å². The van der Waals surface area contributed by atoms with Crippen LogP contribution >= 0.6 is 11.9 Å². The summed E-state index contributed by atoms with van der Waals surface area (Å²) in [6, 6.07) is 0. The van der Waals surface area contributed by atoms with Crippen LogP contribution in [0.25, 0.3) is 11.0 Å². The van der Waals surface area contributed by atoms with Gasteiger partial charge in [-0.3, -0.25) is 0 Å². The van der Waals surface area contributed by atoms with Crippen LogP contribution in [0, 0.1) is 0 Å². The molecule has 0 aliphatic carbocycles. The van der Waals surface area contributed by atoms with Crippen LogP contribution in [0.5, 0.6) is 0 Å². The molecule has 5 heteroatoms. The van der Waals surface area contributed by atoms with Gasteiger partial charge in [-0.05, 0) is 11.9 Å². The van der Waals surface area contributed by atoms with Crippen molar-refractivity contribution in [3.63, 3.8) is 0 Å². The molecule has 0 atom stereocenters. The maximum atomic E-state index is 4.09. The predicted molar refractivity (Wildman–Crippen MR) is 44.2 cm³/mol. The molecule has 0 amide bonds. The second-order valence-corrected chi connectivity index (χ2v) is 2.71. The van der Waals surface area contributed by atoms with Crippen LogP contribution < -0.4 is 0 Å². The summed E-state index contributed by atoms with van der Waals surface area (Å²) in [7, 11) is 0. The molecule has 2 aromatic rings. The standard InChI is InChI=1S/C6H6N4S/c1-11-10-6-5(3-9-10)2-7-4-8-6/h2-4H,1H3. The van der Waals surface area contributed by atoms with Crippen LogP contribution in [0.15, 0.2) is 18.7 Å². The minimum absolute atomic E-state index is 0.868. The molecule has 0 radical (unpaired) electrons. The third-order valence-electron chi connectivity index (χ3n) is 1.37. The van der Waals surface area contributed by atoms with Crippen molar-refractivity contribution in [2.24, 2.45) is 0 Å². The van der Waals surface area contributed by atoms with E-state index in [0.29, 0.717) is 0 Å². The summed E-state index contributed by atoms with van der Waals surface area (Å²) in [5.74, 6) is 0. The van der Waals surface area contributed by atoms with Crippen molar-refractivity contribution < 1.29 is 0 Å². The molecule has 0 aromatic carbocycles. The maximum absolute atomic E-state index is 4.09. The first-order valence-corrected chi connectivity index (χ1v) is 4.28. The van der Waals surface area contributed by atoms with Crippen molar-refractivity contribution >= 4 is 23.0 Å². The molecular formula is C6H6N4S. The first-order valence-electron chi connectivity index (χ1n) is 3.10. The topological polar surface area (TPSA) is 43.6 Å². The highest BCUT2D eigenvalue weighted by Gasteiger charge is 2.00. The highest BCUT2D eigenvalue weighted by molar-refractivity contribution is 7.97. The van der Waals surface area contributed by atoms with E-state index >= 15 is 0 Å². The van der Waals surface area contributed by atoms with Gasteiger partial charge < -0.3 is 0 Å². The third-order valence-corrected chi connectivity index (χ3v) is 1.99. The Balaban J connectivity index is 2.76. The first-order chi connectivity index (χ1) is 5.42. The molecule has 2 aromatic heterocycles. The molecule has 2 rings (SSSR count). The fraction of sp³-hybridized carbons (Fsp3) is 0.167. The van der Waals surface area contributed by atoms with Gasteiger partial charge in [-0.2, -0.15) is 9.19 Å². The smallest absolute Gasteiger partial charge is 0.172 e.